The van der Waals surface area contributed by atoms with Crippen LogP contribution < -0.4 is 20.1 Å². The number of methoxy groups -OCH3 is 1. The molecule has 30 heavy (non-hydrogen) atoms. The van der Waals surface area contributed by atoms with E-state index in [-0.39, 0.29) is 35.7 Å². The number of benzene rings is 2. The highest BCUT2D eigenvalue weighted by molar-refractivity contribution is 6.33. The molecule has 2 aromatic carbocycles. The highest BCUT2D eigenvalue weighted by Gasteiger charge is 2.15. The molecular weight excluding hydrogens is 422 g/mol. The average molecular weight is 439 g/mol. The van der Waals surface area contributed by atoms with Crippen LogP contribution in [0.5, 0.6) is 11.5 Å². The van der Waals surface area contributed by atoms with Gasteiger partial charge in [-0.2, -0.15) is 13.8 Å². The predicted molar refractivity (Wildman–Crippen MR) is 105 cm³/mol. The van der Waals surface area contributed by atoms with Gasteiger partial charge in [0.25, 0.3) is 5.91 Å². The van der Waals surface area contributed by atoms with Crippen LogP contribution in [0, 0.1) is 0 Å². The van der Waals surface area contributed by atoms with Crippen LogP contribution in [0.3, 0.4) is 0 Å². The lowest BCUT2D eigenvalue weighted by Crippen LogP contribution is -2.17. The molecule has 0 fully saturated rings. The molecule has 0 aliphatic rings. The number of rotatable bonds is 8. The summed E-state index contributed by atoms with van der Waals surface area (Å²) in [5, 5.41) is 9.86. The lowest BCUT2D eigenvalue weighted by atomic mass is 10.2. The molecule has 11 heteroatoms. The second-order valence-corrected chi connectivity index (χ2v) is 6.29. The third kappa shape index (κ3) is 4.95. The number of ether oxygens (including phenoxy) is 2. The molecule has 0 unspecified atom stereocenters. The van der Waals surface area contributed by atoms with Gasteiger partial charge in [0.15, 0.2) is 11.5 Å². The van der Waals surface area contributed by atoms with Gasteiger partial charge in [-0.05, 0) is 36.4 Å². The Labute approximate surface area is 175 Å². The first-order chi connectivity index (χ1) is 14.4. The third-order valence-corrected chi connectivity index (χ3v) is 4.32. The molecule has 0 atom stereocenters. The van der Waals surface area contributed by atoms with Gasteiger partial charge in [0.1, 0.15) is 0 Å². The fraction of sp³-hybridized carbons (Fsp3) is 0.211. The first-order valence-corrected chi connectivity index (χ1v) is 9.00. The fourth-order valence-electron chi connectivity index (χ4n) is 2.56. The van der Waals surface area contributed by atoms with Crippen molar-refractivity contribution in [2.75, 3.05) is 19.5 Å². The number of nitrogens with zero attached hydrogens (tertiary/aromatic N) is 2. The Morgan fingerprint density at radius 2 is 2.03 bits per heavy atom. The number of carbonyl (C=O) groups is 1. The highest BCUT2D eigenvalue weighted by Crippen LogP contribution is 2.32. The van der Waals surface area contributed by atoms with Gasteiger partial charge in [0.2, 0.25) is 11.7 Å². The van der Waals surface area contributed by atoms with Crippen molar-refractivity contribution in [3.8, 4) is 22.9 Å². The third-order valence-electron chi connectivity index (χ3n) is 3.99. The topological polar surface area (TPSA) is 98.5 Å². The van der Waals surface area contributed by atoms with E-state index < -0.39 is 6.61 Å². The van der Waals surface area contributed by atoms with E-state index >= 15 is 0 Å². The summed E-state index contributed by atoms with van der Waals surface area (Å²) in [6, 6.07) is 9.11. The zero-order chi connectivity index (χ0) is 21.7. The van der Waals surface area contributed by atoms with E-state index in [0.717, 1.165) is 0 Å². The van der Waals surface area contributed by atoms with Crippen LogP contribution in [0.15, 0.2) is 40.9 Å². The molecule has 0 radical (unpaired) electrons. The lowest BCUT2D eigenvalue weighted by Gasteiger charge is -2.10. The minimum absolute atomic E-state index is 0.104. The number of hydrogen-bond acceptors (Lipinski definition) is 7. The number of halogens is 3. The molecule has 8 nitrogen and oxygen atoms in total. The number of amides is 1. The van der Waals surface area contributed by atoms with E-state index in [0.29, 0.717) is 21.8 Å². The van der Waals surface area contributed by atoms with Crippen LogP contribution in [0.2, 0.25) is 5.02 Å². The van der Waals surface area contributed by atoms with Crippen LogP contribution >= 0.6 is 11.6 Å². The summed E-state index contributed by atoms with van der Waals surface area (Å²) in [5.74, 6) is 0.238. The molecule has 3 aromatic rings. The van der Waals surface area contributed by atoms with Gasteiger partial charge < -0.3 is 24.6 Å². The first kappa shape index (κ1) is 21.3. The largest absolute Gasteiger partial charge is 0.493 e. The molecule has 1 heterocycles. The Balaban J connectivity index is 1.74. The average Bonchev–Trinajstić information content (AvgIpc) is 3.21. The van der Waals surface area contributed by atoms with Gasteiger partial charge in [-0.15, -0.1) is 0 Å². The quantitative estimate of drug-likeness (QED) is 0.549. The standard InChI is InChI=1S/C19H17ClF2N4O4/c1-23-18(27)11-3-5-12(20)13(7-11)24-9-16-25-17(26-30-16)10-4-6-14(29-19(21)22)15(8-10)28-2/h3-8,19,24H,9H2,1-2H3,(H,23,27). The van der Waals surface area contributed by atoms with Crippen molar-refractivity contribution in [2.24, 2.45) is 0 Å². The molecule has 158 valence electrons. The highest BCUT2D eigenvalue weighted by atomic mass is 35.5. The van der Waals surface area contributed by atoms with Crippen molar-refractivity contribution in [1.82, 2.24) is 15.5 Å². The van der Waals surface area contributed by atoms with Crippen LogP contribution in [-0.4, -0.2) is 36.8 Å². The fourth-order valence-corrected chi connectivity index (χ4v) is 2.75. The lowest BCUT2D eigenvalue weighted by molar-refractivity contribution is -0.0512. The molecule has 3 rings (SSSR count). The molecule has 1 amide bonds. The molecule has 0 aliphatic heterocycles. The van der Waals surface area contributed by atoms with Gasteiger partial charge in [-0.25, -0.2) is 0 Å². The maximum Gasteiger partial charge on any atom is 0.387 e. The van der Waals surface area contributed by atoms with E-state index in [1.807, 2.05) is 0 Å². The second-order valence-electron chi connectivity index (χ2n) is 5.88. The van der Waals surface area contributed by atoms with Crippen molar-refractivity contribution in [3.05, 3.63) is 52.9 Å². The number of carbonyl (C=O) groups excluding carboxylic acids is 1. The normalized spacial score (nSPS) is 10.7. The Bertz CT molecular complexity index is 1050. The summed E-state index contributed by atoms with van der Waals surface area (Å²) in [4.78, 5) is 16.0. The van der Waals surface area contributed by atoms with Crippen LogP contribution in [-0.2, 0) is 6.54 Å². The van der Waals surface area contributed by atoms with Crippen LogP contribution in [0.4, 0.5) is 14.5 Å². The molecule has 0 saturated heterocycles. The smallest absolute Gasteiger partial charge is 0.387 e. The maximum atomic E-state index is 12.5. The minimum Gasteiger partial charge on any atom is -0.493 e. The van der Waals surface area contributed by atoms with Gasteiger partial charge in [-0.3, -0.25) is 4.79 Å². The summed E-state index contributed by atoms with van der Waals surface area (Å²) < 4.78 is 39.6. The van der Waals surface area contributed by atoms with E-state index in [9.17, 15) is 13.6 Å². The molecular formula is C19H17ClF2N4O4. The van der Waals surface area contributed by atoms with Crippen molar-refractivity contribution in [2.45, 2.75) is 13.2 Å². The van der Waals surface area contributed by atoms with E-state index in [1.54, 1.807) is 18.2 Å². The van der Waals surface area contributed by atoms with Gasteiger partial charge >= 0.3 is 6.61 Å². The molecule has 0 aliphatic carbocycles. The summed E-state index contributed by atoms with van der Waals surface area (Å²) in [7, 11) is 2.87. The van der Waals surface area contributed by atoms with Crippen molar-refractivity contribution in [3.63, 3.8) is 0 Å². The predicted octanol–water partition coefficient (Wildman–Crippen LogP) is 3.97. The van der Waals surface area contributed by atoms with E-state index in [2.05, 4.69) is 25.5 Å². The summed E-state index contributed by atoms with van der Waals surface area (Å²) in [5.41, 5.74) is 1.45. The van der Waals surface area contributed by atoms with Gasteiger partial charge in [-0.1, -0.05) is 16.8 Å². The van der Waals surface area contributed by atoms with Crippen molar-refractivity contribution >= 4 is 23.2 Å². The van der Waals surface area contributed by atoms with Crippen LogP contribution in [0.1, 0.15) is 16.2 Å². The summed E-state index contributed by atoms with van der Waals surface area (Å²) >= 11 is 6.16. The zero-order valence-corrected chi connectivity index (χ0v) is 16.7. The number of anilines is 1. The Morgan fingerprint density at radius 3 is 2.73 bits per heavy atom. The Kier molecular flexibility index (Phi) is 6.68. The number of aromatic nitrogens is 2. The zero-order valence-electron chi connectivity index (χ0n) is 15.9. The molecule has 1 aromatic heterocycles. The van der Waals surface area contributed by atoms with E-state index in [4.69, 9.17) is 20.9 Å². The van der Waals surface area contributed by atoms with Crippen molar-refractivity contribution in [1.29, 1.82) is 0 Å². The molecule has 0 spiro atoms. The van der Waals surface area contributed by atoms with E-state index in [1.165, 1.54) is 32.4 Å². The molecule has 0 bridgehead atoms. The number of alkyl halides is 2. The molecule has 0 saturated carbocycles. The number of hydrogen-bond donors (Lipinski definition) is 2. The van der Waals surface area contributed by atoms with Gasteiger partial charge in [0.05, 0.1) is 24.4 Å². The second kappa shape index (κ2) is 9.40. The SMILES string of the molecule is CNC(=O)c1ccc(Cl)c(NCc2nc(-c3ccc(OC(F)F)c(OC)c3)no2)c1. The Hall–Kier alpha value is -3.40. The summed E-state index contributed by atoms with van der Waals surface area (Å²) in [6.07, 6.45) is 0. The van der Waals surface area contributed by atoms with Gasteiger partial charge in [0, 0.05) is 18.2 Å². The van der Waals surface area contributed by atoms with Crippen molar-refractivity contribution < 1.29 is 27.6 Å². The first-order valence-electron chi connectivity index (χ1n) is 8.62. The van der Waals surface area contributed by atoms with Crippen LogP contribution in [0.25, 0.3) is 11.4 Å². The monoisotopic (exact) mass is 438 g/mol. The number of nitrogens with one attached hydrogen (secondary N) is 2. The summed E-state index contributed by atoms with van der Waals surface area (Å²) in [6.45, 7) is -2.82. The minimum atomic E-state index is -2.97. The Morgan fingerprint density at radius 1 is 1.23 bits per heavy atom. The molecule has 2 N–H and O–H groups in total. The maximum absolute atomic E-state index is 12.5.